The second-order valence-corrected chi connectivity index (χ2v) is 7.75. The summed E-state index contributed by atoms with van der Waals surface area (Å²) in [4.78, 5) is 31.3. The van der Waals surface area contributed by atoms with Crippen molar-refractivity contribution in [2.75, 3.05) is 23.8 Å². The molecule has 0 radical (unpaired) electrons. The van der Waals surface area contributed by atoms with E-state index in [4.69, 9.17) is 11.6 Å². The van der Waals surface area contributed by atoms with Crippen molar-refractivity contribution in [3.63, 3.8) is 0 Å². The van der Waals surface area contributed by atoms with Crippen molar-refractivity contribution in [3.05, 3.63) is 41.1 Å². The molecule has 2 aromatic rings. The second kappa shape index (κ2) is 6.64. The fraction of sp³-hybridized carbons (Fsp3) is 0.381. The summed E-state index contributed by atoms with van der Waals surface area (Å²) in [6, 6.07) is 6.28. The number of fused-ring (bicyclic) bond motifs is 1. The summed E-state index contributed by atoms with van der Waals surface area (Å²) in [6.07, 6.45) is 4.01. The van der Waals surface area contributed by atoms with E-state index in [-0.39, 0.29) is 5.78 Å². The molecule has 0 spiro atoms. The number of rotatable bonds is 4. The van der Waals surface area contributed by atoms with Crippen molar-refractivity contribution < 1.29 is 9.59 Å². The van der Waals surface area contributed by atoms with Gasteiger partial charge in [-0.2, -0.15) is 0 Å². The number of hydrogen-bond acceptors (Lipinski definition) is 5. The molecule has 0 saturated heterocycles. The summed E-state index contributed by atoms with van der Waals surface area (Å²) in [6.45, 7) is 4.44. The molecule has 1 aliphatic heterocycles. The zero-order valence-electron chi connectivity index (χ0n) is 15.7. The van der Waals surface area contributed by atoms with Gasteiger partial charge in [-0.3, -0.25) is 9.59 Å². The molecule has 1 aromatic heterocycles. The van der Waals surface area contributed by atoms with Crippen LogP contribution in [0.4, 0.5) is 11.5 Å². The number of carbonyl (C=O) groups excluding carboxylic acids is 2. The first-order chi connectivity index (χ1) is 12.9. The summed E-state index contributed by atoms with van der Waals surface area (Å²) < 4.78 is 0. The predicted octanol–water partition coefficient (Wildman–Crippen LogP) is 3.95. The van der Waals surface area contributed by atoms with E-state index >= 15 is 0 Å². The van der Waals surface area contributed by atoms with Gasteiger partial charge in [0.2, 0.25) is 5.24 Å². The number of halogens is 1. The largest absolute Gasteiger partial charge is 0.373 e. The van der Waals surface area contributed by atoms with Crippen molar-refractivity contribution in [1.29, 1.82) is 0 Å². The predicted molar refractivity (Wildman–Crippen MR) is 108 cm³/mol. The molecule has 1 N–H and O–H groups in total. The summed E-state index contributed by atoms with van der Waals surface area (Å²) >= 11 is 5.72. The average molecular weight is 384 g/mol. The standard InChI is InChI=1S/C21H22ClN3O2/c1-11-8-13(9-24-21(11)23-3)15-6-7-16-18(12(15)2)25(14-4-5-14)10-17(19(16)26)20(22)27/h6-9,14,17H,4-5,10H2,1-3H3,(H,23,24). The van der Waals surface area contributed by atoms with E-state index in [1.165, 1.54) is 0 Å². The van der Waals surface area contributed by atoms with Crippen LogP contribution in [-0.2, 0) is 4.79 Å². The van der Waals surface area contributed by atoms with E-state index in [2.05, 4.69) is 21.3 Å². The Morgan fingerprint density at radius 1 is 1.26 bits per heavy atom. The fourth-order valence-electron chi connectivity index (χ4n) is 4.02. The molecular weight excluding hydrogens is 362 g/mol. The first-order valence-electron chi connectivity index (χ1n) is 9.21. The van der Waals surface area contributed by atoms with Gasteiger partial charge in [0.25, 0.3) is 0 Å². The lowest BCUT2D eigenvalue weighted by Gasteiger charge is -2.36. The van der Waals surface area contributed by atoms with Gasteiger partial charge >= 0.3 is 0 Å². The molecule has 2 aliphatic rings. The molecule has 1 saturated carbocycles. The molecule has 0 bridgehead atoms. The number of pyridine rings is 1. The van der Waals surface area contributed by atoms with Crippen LogP contribution in [0.25, 0.3) is 11.1 Å². The van der Waals surface area contributed by atoms with Gasteiger partial charge in [-0.05, 0) is 67.1 Å². The summed E-state index contributed by atoms with van der Waals surface area (Å²) in [5.41, 5.74) is 5.74. The Morgan fingerprint density at radius 2 is 1.96 bits per heavy atom. The minimum Gasteiger partial charge on any atom is -0.373 e. The zero-order valence-corrected chi connectivity index (χ0v) is 16.4. The van der Waals surface area contributed by atoms with Gasteiger partial charge in [-0.15, -0.1) is 0 Å². The van der Waals surface area contributed by atoms with Crippen molar-refractivity contribution in [2.45, 2.75) is 32.7 Å². The lowest BCUT2D eigenvalue weighted by molar-refractivity contribution is -0.113. The van der Waals surface area contributed by atoms with Gasteiger partial charge in [0.05, 0.1) is 5.69 Å². The molecule has 1 unspecified atom stereocenters. The normalized spacial score (nSPS) is 19.0. The number of hydrogen-bond donors (Lipinski definition) is 1. The van der Waals surface area contributed by atoms with E-state index in [1.54, 1.807) is 0 Å². The highest BCUT2D eigenvalue weighted by atomic mass is 35.5. The molecule has 5 nitrogen and oxygen atoms in total. The number of carbonyl (C=O) groups is 2. The monoisotopic (exact) mass is 383 g/mol. The number of aromatic nitrogens is 1. The van der Waals surface area contributed by atoms with Crippen LogP contribution in [0.1, 0.15) is 34.3 Å². The van der Waals surface area contributed by atoms with E-state index in [0.717, 1.165) is 46.6 Å². The summed E-state index contributed by atoms with van der Waals surface area (Å²) in [5, 5.41) is 2.51. The molecule has 2 heterocycles. The number of nitrogens with zero attached hydrogens (tertiary/aromatic N) is 2. The van der Waals surface area contributed by atoms with Crippen LogP contribution in [0.2, 0.25) is 0 Å². The Morgan fingerprint density at radius 3 is 2.56 bits per heavy atom. The SMILES string of the molecule is CNc1ncc(-c2ccc3c(c2C)N(C2CC2)CC(C(=O)Cl)C3=O)cc1C. The van der Waals surface area contributed by atoms with Gasteiger partial charge in [0.1, 0.15) is 11.7 Å². The minimum absolute atomic E-state index is 0.170. The average Bonchev–Trinajstić information content (AvgIpc) is 3.47. The Balaban J connectivity index is 1.85. The van der Waals surface area contributed by atoms with Gasteiger partial charge in [0.15, 0.2) is 5.78 Å². The topological polar surface area (TPSA) is 62.3 Å². The summed E-state index contributed by atoms with van der Waals surface area (Å²) in [5.74, 6) is -0.0900. The Hall–Kier alpha value is -2.40. The molecule has 1 aromatic carbocycles. The molecular formula is C21H22ClN3O2. The molecule has 0 amide bonds. The first kappa shape index (κ1) is 18.0. The van der Waals surface area contributed by atoms with Gasteiger partial charge in [-0.1, -0.05) is 6.07 Å². The second-order valence-electron chi connectivity index (χ2n) is 7.38. The molecule has 140 valence electrons. The lowest BCUT2D eigenvalue weighted by atomic mass is 9.86. The van der Waals surface area contributed by atoms with Crippen LogP contribution in [0.5, 0.6) is 0 Å². The highest BCUT2D eigenvalue weighted by Crippen LogP contribution is 2.43. The Bertz CT molecular complexity index is 953. The molecule has 27 heavy (non-hydrogen) atoms. The zero-order chi connectivity index (χ0) is 19.3. The van der Waals surface area contributed by atoms with Crippen LogP contribution in [0.3, 0.4) is 0 Å². The van der Waals surface area contributed by atoms with Crippen LogP contribution in [-0.4, -0.2) is 35.6 Å². The molecule has 4 rings (SSSR count). The highest BCUT2D eigenvalue weighted by Gasteiger charge is 2.42. The van der Waals surface area contributed by atoms with Gasteiger partial charge in [-0.25, -0.2) is 4.98 Å². The van der Waals surface area contributed by atoms with Crippen LogP contribution < -0.4 is 10.2 Å². The van der Waals surface area contributed by atoms with E-state index in [0.29, 0.717) is 18.2 Å². The minimum atomic E-state index is -0.774. The number of ketones is 1. The van der Waals surface area contributed by atoms with Crippen LogP contribution in [0.15, 0.2) is 24.4 Å². The molecule has 1 fully saturated rings. The van der Waals surface area contributed by atoms with Crippen LogP contribution in [0, 0.1) is 19.8 Å². The van der Waals surface area contributed by atoms with Crippen molar-refractivity contribution in [1.82, 2.24) is 4.98 Å². The molecule has 6 heteroatoms. The van der Waals surface area contributed by atoms with Crippen molar-refractivity contribution in [2.24, 2.45) is 5.92 Å². The van der Waals surface area contributed by atoms with Crippen molar-refractivity contribution in [3.8, 4) is 11.1 Å². The molecule has 1 atom stereocenters. The first-order valence-corrected chi connectivity index (χ1v) is 9.58. The molecule has 1 aliphatic carbocycles. The van der Waals surface area contributed by atoms with E-state index in [9.17, 15) is 9.59 Å². The lowest BCUT2D eigenvalue weighted by Crippen LogP contribution is -2.43. The third-order valence-corrected chi connectivity index (χ3v) is 5.83. The highest BCUT2D eigenvalue weighted by molar-refractivity contribution is 6.66. The number of Topliss-reactive ketones (excluding diaryl/α,β-unsaturated/α-hetero) is 1. The Kier molecular flexibility index (Phi) is 4.42. The van der Waals surface area contributed by atoms with Gasteiger partial charge < -0.3 is 10.2 Å². The maximum atomic E-state index is 12.8. The van der Waals surface area contributed by atoms with Crippen molar-refractivity contribution >= 4 is 34.1 Å². The quantitative estimate of drug-likeness (QED) is 0.639. The smallest absolute Gasteiger partial charge is 0.234 e. The third kappa shape index (κ3) is 3.00. The number of benzene rings is 1. The number of anilines is 2. The number of aryl methyl sites for hydroxylation is 1. The maximum Gasteiger partial charge on any atom is 0.234 e. The van der Waals surface area contributed by atoms with E-state index < -0.39 is 11.2 Å². The number of nitrogens with one attached hydrogen (secondary N) is 1. The summed E-state index contributed by atoms with van der Waals surface area (Å²) in [7, 11) is 1.85. The van der Waals surface area contributed by atoms with Gasteiger partial charge in [0, 0.05) is 37.0 Å². The fourth-order valence-corrected chi connectivity index (χ4v) is 4.19. The Labute approximate surface area is 163 Å². The third-order valence-electron chi connectivity index (χ3n) is 5.57. The maximum absolute atomic E-state index is 12.8. The van der Waals surface area contributed by atoms with E-state index in [1.807, 2.05) is 39.2 Å². The van der Waals surface area contributed by atoms with Crippen LogP contribution >= 0.6 is 11.6 Å².